The Bertz CT molecular complexity index is 802. The lowest BCUT2D eigenvalue weighted by atomic mass is 10.1. The van der Waals surface area contributed by atoms with E-state index in [1.165, 1.54) is 0 Å². The van der Waals surface area contributed by atoms with Gasteiger partial charge in [-0.05, 0) is 17.7 Å². The van der Waals surface area contributed by atoms with Gasteiger partial charge in [0, 0.05) is 6.42 Å². The fourth-order valence-electron chi connectivity index (χ4n) is 2.20. The fourth-order valence-corrected chi connectivity index (χ4v) is 4.47. The van der Waals surface area contributed by atoms with Gasteiger partial charge in [-0.1, -0.05) is 48.5 Å². The van der Waals surface area contributed by atoms with Crippen molar-refractivity contribution in [2.75, 3.05) is 0 Å². The predicted molar refractivity (Wildman–Crippen MR) is 88.3 cm³/mol. The maximum atomic E-state index is 11.5. The molecule has 3 N–H and O–H groups in total. The van der Waals surface area contributed by atoms with E-state index in [4.69, 9.17) is 4.74 Å². The molecular formula is C15H17O7PS. The van der Waals surface area contributed by atoms with Crippen LogP contribution in [-0.2, 0) is 14.7 Å². The average Bonchev–Trinajstić information content (AvgIpc) is 2.51. The molecule has 0 radical (unpaired) electrons. The number of hydrogen-bond acceptors (Lipinski definition) is 4. The first kappa shape index (κ1) is 18.6. The summed E-state index contributed by atoms with van der Waals surface area (Å²) < 4.78 is 49.2. The molecule has 9 heteroatoms. The van der Waals surface area contributed by atoms with E-state index in [9.17, 15) is 27.3 Å². The van der Waals surface area contributed by atoms with Gasteiger partial charge in [-0.2, -0.15) is 8.42 Å². The molecule has 0 heterocycles. The molecule has 0 spiro atoms. The third-order valence-corrected chi connectivity index (χ3v) is 6.79. The third kappa shape index (κ3) is 5.15. The Morgan fingerprint density at radius 1 is 0.958 bits per heavy atom. The standard InChI is InChI=1S/C15H17O7PS/c16-23(17,18)15(24(19,20)21)11-14(12-7-3-1-4-8-12)22-13-9-5-2-6-10-13/h1-10,14-15H,11H2,(H2,16,17,18)(H,19,20,21). The molecule has 2 atom stereocenters. The smallest absolute Gasteiger partial charge is 0.346 e. The monoisotopic (exact) mass is 372 g/mol. The van der Waals surface area contributed by atoms with Crippen molar-refractivity contribution in [3.8, 4) is 5.75 Å². The van der Waals surface area contributed by atoms with E-state index in [0.717, 1.165) is 0 Å². The van der Waals surface area contributed by atoms with E-state index in [1.807, 2.05) is 0 Å². The van der Waals surface area contributed by atoms with Crippen LogP contribution >= 0.6 is 7.60 Å². The molecule has 24 heavy (non-hydrogen) atoms. The lowest BCUT2D eigenvalue weighted by Gasteiger charge is -2.24. The normalized spacial score (nSPS) is 14.8. The summed E-state index contributed by atoms with van der Waals surface area (Å²) in [6.07, 6.45) is -1.56. The lowest BCUT2D eigenvalue weighted by Crippen LogP contribution is -2.25. The molecule has 0 saturated carbocycles. The molecule has 2 aromatic carbocycles. The topological polar surface area (TPSA) is 121 Å². The van der Waals surface area contributed by atoms with E-state index in [0.29, 0.717) is 11.3 Å². The third-order valence-electron chi connectivity index (χ3n) is 3.33. The van der Waals surface area contributed by atoms with Crippen molar-refractivity contribution < 1.29 is 32.1 Å². The van der Waals surface area contributed by atoms with Crippen LogP contribution in [0.15, 0.2) is 60.7 Å². The van der Waals surface area contributed by atoms with Gasteiger partial charge in [0.2, 0.25) is 0 Å². The van der Waals surface area contributed by atoms with Gasteiger partial charge in [0.1, 0.15) is 11.9 Å². The Balaban J connectivity index is 2.37. The van der Waals surface area contributed by atoms with Crippen molar-refractivity contribution in [3.63, 3.8) is 0 Å². The quantitative estimate of drug-likeness (QED) is 0.504. The second-order valence-corrected chi connectivity index (χ2v) is 8.87. The fraction of sp³-hybridized carbons (Fsp3) is 0.200. The minimum atomic E-state index is -5.09. The summed E-state index contributed by atoms with van der Waals surface area (Å²) in [5, 5.41) is 0. The minimum absolute atomic E-state index is 0.408. The molecule has 0 aromatic heterocycles. The van der Waals surface area contributed by atoms with E-state index >= 15 is 0 Å². The number of para-hydroxylation sites is 1. The first-order chi connectivity index (χ1) is 11.2. The molecule has 2 rings (SSSR count). The Labute approximate surface area is 139 Å². The van der Waals surface area contributed by atoms with Gasteiger partial charge in [-0.15, -0.1) is 0 Å². The highest BCUT2D eigenvalue weighted by molar-refractivity contribution is 7.93. The first-order valence-electron chi connectivity index (χ1n) is 6.96. The summed E-state index contributed by atoms with van der Waals surface area (Å²) in [4.78, 5) is 16.3. The van der Waals surface area contributed by atoms with Gasteiger partial charge < -0.3 is 14.5 Å². The zero-order valence-electron chi connectivity index (χ0n) is 12.5. The summed E-state index contributed by atoms with van der Waals surface area (Å²) in [5.74, 6) is 0.408. The lowest BCUT2D eigenvalue weighted by molar-refractivity contribution is 0.194. The molecule has 0 saturated heterocycles. The average molecular weight is 372 g/mol. The summed E-state index contributed by atoms with van der Waals surface area (Å²) >= 11 is 0. The van der Waals surface area contributed by atoms with Gasteiger partial charge in [0.25, 0.3) is 10.1 Å². The molecule has 0 aliphatic heterocycles. The van der Waals surface area contributed by atoms with Crippen LogP contribution in [0.4, 0.5) is 0 Å². The molecule has 2 aromatic rings. The van der Waals surface area contributed by atoms with Crippen LogP contribution in [-0.4, -0.2) is 27.7 Å². The highest BCUT2D eigenvalue weighted by Gasteiger charge is 2.42. The molecule has 0 fully saturated rings. The van der Waals surface area contributed by atoms with Crippen molar-refractivity contribution in [2.24, 2.45) is 0 Å². The van der Waals surface area contributed by atoms with E-state index in [-0.39, 0.29) is 0 Å². The molecule has 0 aliphatic rings. The predicted octanol–water partition coefficient (Wildman–Crippen LogP) is 2.59. The van der Waals surface area contributed by atoms with Crippen LogP contribution in [0.5, 0.6) is 5.75 Å². The molecule has 0 aliphatic carbocycles. The van der Waals surface area contributed by atoms with Crippen LogP contribution in [0, 0.1) is 0 Å². The second-order valence-electron chi connectivity index (χ2n) is 5.12. The van der Waals surface area contributed by atoms with Crippen molar-refractivity contribution in [3.05, 3.63) is 66.2 Å². The van der Waals surface area contributed by atoms with Crippen LogP contribution < -0.4 is 4.74 Å². The van der Waals surface area contributed by atoms with Crippen molar-refractivity contribution in [2.45, 2.75) is 17.5 Å². The molecular weight excluding hydrogens is 355 g/mol. The highest BCUT2D eigenvalue weighted by Crippen LogP contribution is 2.48. The van der Waals surface area contributed by atoms with Gasteiger partial charge in [0.05, 0.1) is 0 Å². The summed E-state index contributed by atoms with van der Waals surface area (Å²) in [6.45, 7) is 0. The van der Waals surface area contributed by atoms with Crippen LogP contribution in [0.25, 0.3) is 0 Å². The molecule has 2 unspecified atom stereocenters. The van der Waals surface area contributed by atoms with Crippen LogP contribution in [0.2, 0.25) is 0 Å². The summed E-state index contributed by atoms with van der Waals surface area (Å²) in [7, 11) is -10.1. The summed E-state index contributed by atoms with van der Waals surface area (Å²) in [5.41, 5.74) is 0.531. The maximum Gasteiger partial charge on any atom is 0.346 e. The first-order valence-corrected chi connectivity index (χ1v) is 10.1. The van der Waals surface area contributed by atoms with Crippen molar-refractivity contribution in [1.82, 2.24) is 0 Å². The van der Waals surface area contributed by atoms with Crippen LogP contribution in [0.1, 0.15) is 18.1 Å². The van der Waals surface area contributed by atoms with Crippen LogP contribution in [0.3, 0.4) is 0 Å². The number of benzene rings is 2. The van der Waals surface area contributed by atoms with E-state index < -0.39 is 35.2 Å². The number of ether oxygens (including phenoxy) is 1. The Morgan fingerprint density at radius 2 is 1.46 bits per heavy atom. The number of rotatable bonds is 7. The highest BCUT2D eigenvalue weighted by atomic mass is 32.2. The van der Waals surface area contributed by atoms with Gasteiger partial charge in [-0.25, -0.2) is 0 Å². The van der Waals surface area contributed by atoms with Gasteiger partial charge >= 0.3 is 7.60 Å². The number of hydrogen-bond donors (Lipinski definition) is 3. The van der Waals surface area contributed by atoms with Crippen molar-refractivity contribution >= 4 is 17.7 Å². The second kappa shape index (κ2) is 7.46. The summed E-state index contributed by atoms with van der Waals surface area (Å²) in [6, 6.07) is 16.9. The largest absolute Gasteiger partial charge is 0.486 e. The van der Waals surface area contributed by atoms with Gasteiger partial charge in [-0.3, -0.25) is 9.12 Å². The Kier molecular flexibility index (Phi) is 5.79. The van der Waals surface area contributed by atoms with E-state index in [1.54, 1.807) is 60.7 Å². The molecule has 0 bridgehead atoms. The SMILES string of the molecule is O=P(O)(O)C(CC(Oc1ccccc1)c1ccccc1)S(=O)(=O)O. The molecule has 0 amide bonds. The maximum absolute atomic E-state index is 11.5. The van der Waals surface area contributed by atoms with Crippen molar-refractivity contribution in [1.29, 1.82) is 0 Å². The Hall–Kier alpha value is -1.70. The molecule has 130 valence electrons. The molecule has 7 nitrogen and oxygen atoms in total. The van der Waals surface area contributed by atoms with E-state index in [2.05, 4.69) is 0 Å². The Morgan fingerprint density at radius 3 is 1.92 bits per heavy atom. The zero-order valence-corrected chi connectivity index (χ0v) is 14.2. The van der Waals surface area contributed by atoms with Gasteiger partial charge in [0.15, 0.2) is 4.99 Å². The zero-order chi connectivity index (χ0) is 17.8. The minimum Gasteiger partial charge on any atom is -0.486 e.